The Hall–Kier alpha value is -3.54. The van der Waals surface area contributed by atoms with E-state index in [0.717, 1.165) is 11.3 Å². The molecule has 0 radical (unpaired) electrons. The molecule has 134 valence electrons. The lowest BCUT2D eigenvalue weighted by molar-refractivity contribution is 0.415. The van der Waals surface area contributed by atoms with Crippen LogP contribution in [-0.4, -0.2) is 18.7 Å². The maximum Gasteiger partial charge on any atom is 0.154 e. The van der Waals surface area contributed by atoms with E-state index in [1.165, 1.54) is 24.3 Å². The van der Waals surface area contributed by atoms with Crippen molar-refractivity contribution in [3.05, 3.63) is 95.1 Å². The fourth-order valence-corrected chi connectivity index (χ4v) is 2.82. The van der Waals surface area contributed by atoms with Gasteiger partial charge in [0, 0.05) is 16.7 Å². The van der Waals surface area contributed by atoms with E-state index in [1.807, 2.05) is 24.3 Å². The molecule has 0 spiro atoms. The Labute approximate surface area is 154 Å². The zero-order valence-electron chi connectivity index (χ0n) is 14.4. The molecule has 4 rings (SSSR count). The molecule has 1 aliphatic rings. The number of benzene rings is 3. The van der Waals surface area contributed by atoms with Gasteiger partial charge in [0.1, 0.15) is 23.1 Å². The third kappa shape index (κ3) is 3.42. The number of ether oxygens (including phenoxy) is 1. The fraction of sp³-hybridized carbons (Fsp3) is 0.0476. The second kappa shape index (κ2) is 6.99. The molecule has 0 atom stereocenters. The van der Waals surface area contributed by atoms with E-state index in [-0.39, 0.29) is 5.82 Å². The monoisotopic (exact) mass is 363 g/mol. The molecule has 0 fully saturated rings. The maximum absolute atomic E-state index is 13.9. The van der Waals surface area contributed by atoms with Crippen molar-refractivity contribution >= 4 is 17.2 Å². The van der Waals surface area contributed by atoms with Crippen LogP contribution < -0.4 is 10.2 Å². The maximum atomic E-state index is 13.9. The number of amidine groups is 1. The van der Waals surface area contributed by atoms with Crippen LogP contribution in [0.15, 0.2) is 76.8 Å². The van der Waals surface area contributed by atoms with Crippen LogP contribution in [0.3, 0.4) is 0 Å². The number of halogens is 2. The molecule has 1 heterocycles. The summed E-state index contributed by atoms with van der Waals surface area (Å²) in [6.45, 7) is 0. The number of rotatable bonds is 3. The van der Waals surface area contributed by atoms with Crippen molar-refractivity contribution in [3.63, 3.8) is 0 Å². The molecule has 0 saturated carbocycles. The molecule has 0 aromatic heterocycles. The van der Waals surface area contributed by atoms with Gasteiger partial charge in [0.25, 0.3) is 0 Å². The molecule has 27 heavy (non-hydrogen) atoms. The van der Waals surface area contributed by atoms with Gasteiger partial charge in [-0.05, 0) is 66.7 Å². The number of nitrogens with one attached hydrogen (secondary N) is 1. The molecular weight excluding hydrogens is 348 g/mol. The number of nitrogens with zero attached hydrogens (tertiary/aromatic N) is 2. The highest BCUT2D eigenvalue weighted by Gasteiger charge is 2.18. The Morgan fingerprint density at radius 1 is 0.815 bits per heavy atom. The van der Waals surface area contributed by atoms with Crippen LogP contribution >= 0.6 is 0 Å². The summed E-state index contributed by atoms with van der Waals surface area (Å²) in [5.74, 6) is 0.496. The van der Waals surface area contributed by atoms with E-state index in [2.05, 4.69) is 15.5 Å². The van der Waals surface area contributed by atoms with Crippen LogP contribution in [0, 0.1) is 11.6 Å². The predicted molar refractivity (Wildman–Crippen MR) is 101 cm³/mol. The summed E-state index contributed by atoms with van der Waals surface area (Å²) in [6.07, 6.45) is 0. The van der Waals surface area contributed by atoms with E-state index in [0.29, 0.717) is 28.4 Å². The Bertz CT molecular complexity index is 1040. The molecule has 0 unspecified atom stereocenters. The van der Waals surface area contributed by atoms with E-state index in [4.69, 9.17) is 4.74 Å². The second-order valence-electron chi connectivity index (χ2n) is 5.93. The van der Waals surface area contributed by atoms with E-state index < -0.39 is 5.82 Å². The minimum atomic E-state index is -0.397. The highest BCUT2D eigenvalue weighted by Crippen LogP contribution is 2.27. The lowest BCUT2D eigenvalue weighted by Crippen LogP contribution is -2.19. The Morgan fingerprint density at radius 3 is 2.19 bits per heavy atom. The lowest BCUT2D eigenvalue weighted by atomic mass is 10.0. The Morgan fingerprint density at radius 2 is 1.48 bits per heavy atom. The van der Waals surface area contributed by atoms with Gasteiger partial charge in [-0.15, -0.1) is 0 Å². The highest BCUT2D eigenvalue weighted by atomic mass is 19.1. The zero-order chi connectivity index (χ0) is 18.8. The molecule has 3 aromatic rings. The van der Waals surface area contributed by atoms with Gasteiger partial charge in [-0.3, -0.25) is 5.43 Å². The summed E-state index contributed by atoms with van der Waals surface area (Å²) in [4.78, 5) is 4.61. The fourth-order valence-electron chi connectivity index (χ4n) is 2.82. The Balaban J connectivity index is 1.82. The summed E-state index contributed by atoms with van der Waals surface area (Å²) in [5, 5.41) is 4.42. The van der Waals surface area contributed by atoms with E-state index in [1.54, 1.807) is 25.3 Å². The van der Waals surface area contributed by atoms with Gasteiger partial charge in [-0.2, -0.15) is 5.10 Å². The normalized spacial score (nSPS) is 13.0. The first-order valence-corrected chi connectivity index (χ1v) is 8.27. The zero-order valence-corrected chi connectivity index (χ0v) is 14.4. The van der Waals surface area contributed by atoms with Gasteiger partial charge >= 0.3 is 0 Å². The average Bonchev–Trinajstić information content (AvgIpc) is 2.88. The minimum Gasteiger partial charge on any atom is -0.497 e. The molecule has 0 saturated heterocycles. The molecular formula is C21H15F2N3O. The van der Waals surface area contributed by atoms with Crippen LogP contribution in [-0.2, 0) is 0 Å². The number of hydrazone groups is 1. The molecule has 4 nitrogen and oxygen atoms in total. The third-order valence-corrected chi connectivity index (χ3v) is 4.20. The van der Waals surface area contributed by atoms with E-state index >= 15 is 0 Å². The van der Waals surface area contributed by atoms with Crippen molar-refractivity contribution in [1.29, 1.82) is 0 Å². The molecule has 0 bridgehead atoms. The molecule has 3 aromatic carbocycles. The van der Waals surface area contributed by atoms with Gasteiger partial charge in [0.2, 0.25) is 0 Å². The van der Waals surface area contributed by atoms with Crippen LogP contribution in [0.5, 0.6) is 5.75 Å². The van der Waals surface area contributed by atoms with Gasteiger partial charge in [0.15, 0.2) is 5.84 Å². The van der Waals surface area contributed by atoms with Crippen LogP contribution in [0.4, 0.5) is 14.5 Å². The van der Waals surface area contributed by atoms with Crippen molar-refractivity contribution in [2.45, 2.75) is 0 Å². The van der Waals surface area contributed by atoms with E-state index in [9.17, 15) is 8.78 Å². The van der Waals surface area contributed by atoms with Crippen molar-refractivity contribution in [3.8, 4) is 5.75 Å². The van der Waals surface area contributed by atoms with Gasteiger partial charge in [-0.1, -0.05) is 0 Å². The molecule has 1 N–H and O–H groups in total. The summed E-state index contributed by atoms with van der Waals surface area (Å²) in [6, 6.07) is 17.5. The van der Waals surface area contributed by atoms with Gasteiger partial charge < -0.3 is 4.74 Å². The smallest absolute Gasteiger partial charge is 0.154 e. The Kier molecular flexibility index (Phi) is 4.38. The molecule has 0 aliphatic carbocycles. The van der Waals surface area contributed by atoms with Crippen LogP contribution in [0.2, 0.25) is 0 Å². The van der Waals surface area contributed by atoms with Gasteiger partial charge in [0.05, 0.1) is 12.8 Å². The molecule has 0 amide bonds. The van der Waals surface area contributed by atoms with Crippen molar-refractivity contribution in [2.24, 2.45) is 10.1 Å². The summed E-state index contributed by atoms with van der Waals surface area (Å²) >= 11 is 0. The first-order valence-electron chi connectivity index (χ1n) is 8.27. The second-order valence-corrected chi connectivity index (χ2v) is 5.93. The first kappa shape index (κ1) is 16.9. The summed E-state index contributed by atoms with van der Waals surface area (Å²) in [5.41, 5.74) is 5.98. The van der Waals surface area contributed by atoms with Crippen LogP contribution in [0.25, 0.3) is 0 Å². The van der Waals surface area contributed by atoms with Crippen molar-refractivity contribution in [2.75, 3.05) is 7.11 Å². The van der Waals surface area contributed by atoms with Gasteiger partial charge in [-0.25, -0.2) is 13.8 Å². The summed E-state index contributed by atoms with van der Waals surface area (Å²) < 4.78 is 32.4. The topological polar surface area (TPSA) is 46.0 Å². The number of fused-ring (bicyclic) bond motifs is 1. The highest BCUT2D eigenvalue weighted by molar-refractivity contribution is 6.17. The predicted octanol–water partition coefficient (Wildman–Crippen LogP) is 4.41. The average molecular weight is 363 g/mol. The largest absolute Gasteiger partial charge is 0.497 e. The first-order chi connectivity index (χ1) is 13.1. The number of methoxy groups -OCH3 is 1. The number of hydrogen-bond acceptors (Lipinski definition) is 4. The molecule has 1 aliphatic heterocycles. The molecule has 6 heteroatoms. The summed E-state index contributed by atoms with van der Waals surface area (Å²) in [7, 11) is 1.60. The SMILES string of the molecule is COc1ccc(C2=Nc3ccc(F)cc3C(c3ccc(F)cc3)=NN2)cc1. The minimum absolute atomic E-state index is 0.351. The lowest BCUT2D eigenvalue weighted by Gasteiger charge is -2.07. The van der Waals surface area contributed by atoms with Crippen molar-refractivity contribution < 1.29 is 13.5 Å². The third-order valence-electron chi connectivity index (χ3n) is 4.20. The number of aliphatic imine (C=N–C) groups is 1. The van der Waals surface area contributed by atoms with Crippen molar-refractivity contribution in [1.82, 2.24) is 5.43 Å². The van der Waals surface area contributed by atoms with Crippen LogP contribution in [0.1, 0.15) is 16.7 Å². The standard InChI is InChI=1S/C21H15F2N3O/c1-27-17-9-4-14(5-10-17)21-24-19-11-8-16(23)12-18(19)20(25-26-21)13-2-6-15(22)7-3-13/h2-12H,1H3,(H,24,26). The quantitative estimate of drug-likeness (QED) is 0.749. The number of hydrogen-bond donors (Lipinski definition) is 1.